The van der Waals surface area contributed by atoms with Crippen LogP contribution in [-0.2, 0) is 0 Å². The summed E-state index contributed by atoms with van der Waals surface area (Å²) >= 11 is 0. The number of benzene rings is 8. The Balaban J connectivity index is 1.11. The molecule has 1 aromatic heterocycles. The molecule has 0 fully saturated rings. The van der Waals surface area contributed by atoms with Gasteiger partial charge in [-0.25, -0.2) is 0 Å². The minimum absolute atomic E-state index is 0.859. The van der Waals surface area contributed by atoms with Crippen LogP contribution < -0.4 is 4.90 Å². The molecule has 0 spiro atoms. The molecule has 0 unspecified atom stereocenters. The normalized spacial score (nSPS) is 11.3. The molecule has 2 heteroatoms. The number of rotatable bonds is 6. The minimum Gasteiger partial charge on any atom is -0.456 e. The molecule has 0 saturated carbocycles. The summed E-state index contributed by atoms with van der Waals surface area (Å²) in [5.74, 6) is 0.859. The van der Waals surface area contributed by atoms with E-state index in [9.17, 15) is 0 Å². The summed E-state index contributed by atoms with van der Waals surface area (Å²) in [5.41, 5.74) is 9.98. The Kier molecular flexibility index (Phi) is 6.84. The van der Waals surface area contributed by atoms with Crippen LogP contribution in [0.2, 0.25) is 0 Å². The van der Waals surface area contributed by atoms with E-state index in [4.69, 9.17) is 4.42 Å². The van der Waals surface area contributed by atoms with Crippen LogP contribution in [0.15, 0.2) is 192 Å². The van der Waals surface area contributed by atoms with Crippen LogP contribution in [0.25, 0.3) is 66.1 Å². The van der Waals surface area contributed by atoms with Crippen molar-refractivity contribution in [2.45, 2.75) is 0 Å². The first kappa shape index (κ1) is 27.9. The summed E-state index contributed by atoms with van der Waals surface area (Å²) in [6.45, 7) is 0. The maximum atomic E-state index is 6.27. The molecule has 0 aliphatic rings. The Morgan fingerprint density at radius 2 is 0.833 bits per heavy atom. The third-order valence-electron chi connectivity index (χ3n) is 9.21. The molecule has 0 saturated heterocycles. The van der Waals surface area contributed by atoms with Crippen LogP contribution >= 0.6 is 0 Å². The molecule has 2 nitrogen and oxygen atoms in total. The van der Waals surface area contributed by atoms with Gasteiger partial charge in [-0.1, -0.05) is 127 Å². The molecule has 9 aromatic rings. The highest BCUT2D eigenvalue weighted by Gasteiger charge is 2.16. The van der Waals surface area contributed by atoms with Gasteiger partial charge in [-0.3, -0.25) is 0 Å². The van der Waals surface area contributed by atoms with Gasteiger partial charge in [-0.05, 0) is 104 Å². The van der Waals surface area contributed by atoms with E-state index in [0.717, 1.165) is 39.4 Å². The SMILES string of the molecule is c1cc(-c2ccc(N(c3cccc(-c4cc5ccccc5o4)c3)c3ccc4ccccc4c3)cc2)cc(-c2ccc3ccccc3c2)c1. The third-order valence-corrected chi connectivity index (χ3v) is 9.21. The van der Waals surface area contributed by atoms with Crippen molar-refractivity contribution >= 4 is 49.6 Å². The zero-order valence-electron chi connectivity index (χ0n) is 26.3. The molecule has 8 aromatic carbocycles. The topological polar surface area (TPSA) is 16.4 Å². The van der Waals surface area contributed by atoms with Gasteiger partial charge < -0.3 is 9.32 Å². The number of hydrogen-bond donors (Lipinski definition) is 0. The minimum atomic E-state index is 0.859. The molecular formula is C46H31NO. The van der Waals surface area contributed by atoms with E-state index in [1.165, 1.54) is 43.8 Å². The predicted octanol–water partition coefficient (Wildman–Crippen LogP) is 13.2. The van der Waals surface area contributed by atoms with E-state index >= 15 is 0 Å². The number of para-hydroxylation sites is 1. The summed E-state index contributed by atoms with van der Waals surface area (Å²) in [4.78, 5) is 2.33. The van der Waals surface area contributed by atoms with Crippen molar-refractivity contribution in [2.24, 2.45) is 0 Å². The summed E-state index contributed by atoms with van der Waals surface area (Å²) in [5, 5.41) is 6.04. The van der Waals surface area contributed by atoms with E-state index in [0.29, 0.717) is 0 Å². The predicted molar refractivity (Wildman–Crippen MR) is 202 cm³/mol. The van der Waals surface area contributed by atoms with Gasteiger partial charge in [0.1, 0.15) is 11.3 Å². The van der Waals surface area contributed by atoms with Gasteiger partial charge in [0.2, 0.25) is 0 Å². The van der Waals surface area contributed by atoms with E-state index in [-0.39, 0.29) is 0 Å². The standard InChI is InChI=1S/C46H31NO/c1-3-11-35-28-39(20-19-32(35)9-1)37-15-7-14-36(27-37)34-21-24-42(25-22-34)47(44-26-23-33-10-2-4-12-38(33)29-44)43-17-8-16-40(30-43)46-31-41-13-5-6-18-45(41)48-46/h1-31H. The van der Waals surface area contributed by atoms with E-state index in [1.807, 2.05) is 18.2 Å². The Labute approximate surface area is 279 Å². The summed E-state index contributed by atoms with van der Waals surface area (Å²) in [7, 11) is 0. The van der Waals surface area contributed by atoms with Crippen LogP contribution in [0.1, 0.15) is 0 Å². The fourth-order valence-corrected chi connectivity index (χ4v) is 6.74. The Bertz CT molecular complexity index is 2540. The Morgan fingerprint density at radius 3 is 1.60 bits per heavy atom. The summed E-state index contributed by atoms with van der Waals surface area (Å²) < 4.78 is 6.27. The molecule has 0 atom stereocenters. The highest BCUT2D eigenvalue weighted by Crippen LogP contribution is 2.39. The first-order valence-electron chi connectivity index (χ1n) is 16.3. The van der Waals surface area contributed by atoms with Crippen molar-refractivity contribution in [2.75, 3.05) is 4.90 Å². The second-order valence-corrected chi connectivity index (χ2v) is 12.3. The molecule has 0 aliphatic carbocycles. The molecule has 0 bridgehead atoms. The van der Waals surface area contributed by atoms with Crippen LogP contribution in [0.5, 0.6) is 0 Å². The van der Waals surface area contributed by atoms with E-state index < -0.39 is 0 Å². The monoisotopic (exact) mass is 613 g/mol. The average Bonchev–Trinajstić information content (AvgIpc) is 3.60. The molecule has 0 N–H and O–H groups in total. The van der Waals surface area contributed by atoms with Gasteiger partial charge in [-0.2, -0.15) is 0 Å². The lowest BCUT2D eigenvalue weighted by molar-refractivity contribution is 0.631. The average molecular weight is 614 g/mol. The number of nitrogens with zero attached hydrogens (tertiary/aromatic N) is 1. The van der Waals surface area contributed by atoms with Crippen molar-refractivity contribution in [1.29, 1.82) is 0 Å². The lowest BCUT2D eigenvalue weighted by atomic mass is 9.97. The molecule has 48 heavy (non-hydrogen) atoms. The summed E-state index contributed by atoms with van der Waals surface area (Å²) in [6.07, 6.45) is 0. The Hall–Kier alpha value is -6.38. The second kappa shape index (κ2) is 11.8. The van der Waals surface area contributed by atoms with Crippen LogP contribution in [-0.4, -0.2) is 0 Å². The molecule has 0 radical (unpaired) electrons. The van der Waals surface area contributed by atoms with E-state index in [2.05, 4.69) is 175 Å². The van der Waals surface area contributed by atoms with Crippen molar-refractivity contribution in [3.8, 4) is 33.6 Å². The smallest absolute Gasteiger partial charge is 0.135 e. The molecule has 0 amide bonds. The van der Waals surface area contributed by atoms with Gasteiger partial charge in [0.05, 0.1) is 0 Å². The van der Waals surface area contributed by atoms with Crippen molar-refractivity contribution in [1.82, 2.24) is 0 Å². The number of fused-ring (bicyclic) bond motifs is 3. The van der Waals surface area contributed by atoms with Crippen LogP contribution in [0.3, 0.4) is 0 Å². The quantitative estimate of drug-likeness (QED) is 0.185. The number of hydrogen-bond acceptors (Lipinski definition) is 2. The third kappa shape index (κ3) is 5.20. The Morgan fingerprint density at radius 1 is 0.292 bits per heavy atom. The van der Waals surface area contributed by atoms with Crippen molar-refractivity contribution in [3.05, 3.63) is 188 Å². The van der Waals surface area contributed by atoms with Crippen LogP contribution in [0.4, 0.5) is 17.1 Å². The van der Waals surface area contributed by atoms with Crippen molar-refractivity contribution < 1.29 is 4.42 Å². The molecule has 226 valence electrons. The van der Waals surface area contributed by atoms with Gasteiger partial charge in [0.25, 0.3) is 0 Å². The maximum absolute atomic E-state index is 6.27. The van der Waals surface area contributed by atoms with Gasteiger partial charge in [0.15, 0.2) is 0 Å². The van der Waals surface area contributed by atoms with Gasteiger partial charge >= 0.3 is 0 Å². The fourth-order valence-electron chi connectivity index (χ4n) is 6.74. The molecular weight excluding hydrogens is 583 g/mol. The first-order valence-corrected chi connectivity index (χ1v) is 16.3. The van der Waals surface area contributed by atoms with Gasteiger partial charge in [0, 0.05) is 28.0 Å². The molecule has 0 aliphatic heterocycles. The number of furan rings is 1. The zero-order valence-corrected chi connectivity index (χ0v) is 26.3. The van der Waals surface area contributed by atoms with Crippen molar-refractivity contribution in [3.63, 3.8) is 0 Å². The lowest BCUT2D eigenvalue weighted by Gasteiger charge is -2.26. The highest BCUT2D eigenvalue weighted by atomic mass is 16.3. The fraction of sp³-hybridized carbons (Fsp3) is 0. The lowest BCUT2D eigenvalue weighted by Crippen LogP contribution is -2.10. The second-order valence-electron chi connectivity index (χ2n) is 12.3. The molecule has 1 heterocycles. The van der Waals surface area contributed by atoms with Crippen LogP contribution in [0, 0.1) is 0 Å². The summed E-state index contributed by atoms with van der Waals surface area (Å²) in [6, 6.07) is 67.0. The van der Waals surface area contributed by atoms with E-state index in [1.54, 1.807) is 0 Å². The van der Waals surface area contributed by atoms with Gasteiger partial charge in [-0.15, -0.1) is 0 Å². The number of anilines is 3. The zero-order chi connectivity index (χ0) is 31.9. The maximum Gasteiger partial charge on any atom is 0.135 e. The molecule has 9 rings (SSSR count). The first-order chi connectivity index (χ1) is 23.7. The highest BCUT2D eigenvalue weighted by molar-refractivity contribution is 5.91. The largest absolute Gasteiger partial charge is 0.456 e.